The highest BCUT2D eigenvalue weighted by molar-refractivity contribution is 5.81. The van der Waals surface area contributed by atoms with Gasteiger partial charge in [0.05, 0.1) is 17.0 Å². The Hall–Kier alpha value is -2.89. The molecular weight excluding hydrogens is 343 g/mol. The van der Waals surface area contributed by atoms with E-state index in [1.54, 1.807) is 18.2 Å². The van der Waals surface area contributed by atoms with Gasteiger partial charge in [0.1, 0.15) is 5.82 Å². The van der Waals surface area contributed by atoms with Crippen LogP contribution in [0.15, 0.2) is 48.5 Å². The van der Waals surface area contributed by atoms with Gasteiger partial charge in [-0.15, -0.1) is 0 Å². The second kappa shape index (κ2) is 7.39. The molecule has 3 aromatic rings. The fraction of sp³-hybridized carbons (Fsp3) is 0.333. The van der Waals surface area contributed by atoms with Crippen LogP contribution in [-0.2, 0) is 18.4 Å². The number of fused-ring (bicyclic) bond motifs is 1. The number of anilines is 1. The van der Waals surface area contributed by atoms with Crippen molar-refractivity contribution in [1.29, 1.82) is 0 Å². The number of hydrogen-bond acceptors (Lipinski definition) is 3. The number of carbonyl (C=O) groups is 1. The Morgan fingerprint density at radius 3 is 2.81 bits per heavy atom. The van der Waals surface area contributed by atoms with E-state index in [9.17, 15) is 9.18 Å². The molecule has 0 radical (unpaired) electrons. The molecule has 0 bridgehead atoms. The van der Waals surface area contributed by atoms with Gasteiger partial charge in [0.2, 0.25) is 11.9 Å². The molecule has 5 nitrogen and oxygen atoms in total. The summed E-state index contributed by atoms with van der Waals surface area (Å²) in [7, 11) is 2.01. The van der Waals surface area contributed by atoms with E-state index in [0.717, 1.165) is 36.4 Å². The number of nitrogens with one attached hydrogen (secondary N) is 1. The zero-order chi connectivity index (χ0) is 18.8. The van der Waals surface area contributed by atoms with E-state index < -0.39 is 0 Å². The van der Waals surface area contributed by atoms with E-state index in [1.165, 1.54) is 6.07 Å². The molecule has 0 spiro atoms. The van der Waals surface area contributed by atoms with Crippen LogP contribution in [0.1, 0.15) is 18.4 Å². The lowest BCUT2D eigenvalue weighted by atomic mass is 9.97. The van der Waals surface area contributed by atoms with Crippen molar-refractivity contribution < 1.29 is 9.18 Å². The van der Waals surface area contributed by atoms with Crippen LogP contribution in [0, 0.1) is 11.7 Å². The maximum Gasteiger partial charge on any atom is 0.225 e. The molecule has 1 aliphatic rings. The van der Waals surface area contributed by atoms with E-state index in [1.807, 2.05) is 31.3 Å². The predicted octanol–water partition coefficient (Wildman–Crippen LogP) is 3.25. The number of aryl methyl sites for hydroxylation is 1. The third-order valence-corrected chi connectivity index (χ3v) is 5.25. The predicted molar refractivity (Wildman–Crippen MR) is 104 cm³/mol. The normalized spacial score (nSPS) is 17.3. The molecule has 1 fully saturated rings. The summed E-state index contributed by atoms with van der Waals surface area (Å²) >= 11 is 0. The number of piperidine rings is 1. The molecule has 0 aliphatic carbocycles. The highest BCUT2D eigenvalue weighted by Gasteiger charge is 2.28. The number of para-hydroxylation sites is 2. The molecule has 1 saturated heterocycles. The van der Waals surface area contributed by atoms with Crippen LogP contribution in [0.25, 0.3) is 11.0 Å². The number of carbonyl (C=O) groups excluding carboxylic acids is 1. The molecule has 140 valence electrons. The monoisotopic (exact) mass is 366 g/mol. The summed E-state index contributed by atoms with van der Waals surface area (Å²) in [6.07, 6.45) is 1.77. The highest BCUT2D eigenvalue weighted by Crippen LogP contribution is 2.26. The van der Waals surface area contributed by atoms with Crippen molar-refractivity contribution in [3.8, 4) is 0 Å². The molecule has 4 rings (SSSR count). The molecule has 1 aliphatic heterocycles. The molecule has 1 N–H and O–H groups in total. The van der Waals surface area contributed by atoms with Crippen LogP contribution in [0.5, 0.6) is 0 Å². The topological polar surface area (TPSA) is 50.2 Å². The van der Waals surface area contributed by atoms with Gasteiger partial charge in [-0.2, -0.15) is 0 Å². The number of halogens is 1. The van der Waals surface area contributed by atoms with Crippen molar-refractivity contribution in [3.05, 3.63) is 59.9 Å². The molecular formula is C21H23FN4O. The third kappa shape index (κ3) is 3.52. The van der Waals surface area contributed by atoms with E-state index >= 15 is 0 Å². The molecule has 1 atom stereocenters. The second-order valence-electron chi connectivity index (χ2n) is 7.05. The fourth-order valence-electron chi connectivity index (χ4n) is 3.76. The Morgan fingerprint density at radius 2 is 2.00 bits per heavy atom. The van der Waals surface area contributed by atoms with Crippen LogP contribution < -0.4 is 10.2 Å². The summed E-state index contributed by atoms with van der Waals surface area (Å²) in [6.45, 7) is 1.73. The Kier molecular flexibility index (Phi) is 4.79. The number of benzene rings is 2. The second-order valence-corrected chi connectivity index (χ2v) is 7.05. The van der Waals surface area contributed by atoms with Crippen LogP contribution in [0.2, 0.25) is 0 Å². The van der Waals surface area contributed by atoms with Crippen molar-refractivity contribution >= 4 is 22.9 Å². The molecule has 0 unspecified atom stereocenters. The summed E-state index contributed by atoms with van der Waals surface area (Å²) in [6, 6.07) is 14.6. The summed E-state index contributed by atoms with van der Waals surface area (Å²) < 4.78 is 15.8. The maximum absolute atomic E-state index is 13.7. The van der Waals surface area contributed by atoms with Crippen molar-refractivity contribution in [2.75, 3.05) is 18.0 Å². The smallest absolute Gasteiger partial charge is 0.225 e. The van der Waals surface area contributed by atoms with Gasteiger partial charge in [0, 0.05) is 32.2 Å². The SMILES string of the molecule is Cn1c(N2CCC[C@@H](C(=O)NCc3ccccc3F)C2)nc2ccccc21. The number of imidazole rings is 1. The van der Waals surface area contributed by atoms with E-state index in [2.05, 4.69) is 14.8 Å². The van der Waals surface area contributed by atoms with Crippen LogP contribution in [-0.4, -0.2) is 28.5 Å². The van der Waals surface area contributed by atoms with Gasteiger partial charge in [-0.1, -0.05) is 30.3 Å². The molecule has 2 heterocycles. The first kappa shape index (κ1) is 17.5. The third-order valence-electron chi connectivity index (χ3n) is 5.25. The Bertz CT molecular complexity index is 968. The lowest BCUT2D eigenvalue weighted by Gasteiger charge is -2.32. The summed E-state index contributed by atoms with van der Waals surface area (Å²) in [5, 5.41) is 2.89. The average molecular weight is 366 g/mol. The minimum atomic E-state index is -0.289. The largest absolute Gasteiger partial charge is 0.352 e. The minimum Gasteiger partial charge on any atom is -0.352 e. The zero-order valence-electron chi connectivity index (χ0n) is 15.4. The first-order valence-electron chi connectivity index (χ1n) is 9.31. The lowest BCUT2D eigenvalue weighted by Crippen LogP contribution is -2.43. The fourth-order valence-corrected chi connectivity index (χ4v) is 3.76. The van der Waals surface area contributed by atoms with Crippen LogP contribution in [0.3, 0.4) is 0 Å². The molecule has 2 aromatic carbocycles. The van der Waals surface area contributed by atoms with E-state index in [4.69, 9.17) is 4.98 Å². The van der Waals surface area contributed by atoms with Crippen molar-refractivity contribution in [2.45, 2.75) is 19.4 Å². The average Bonchev–Trinajstić information content (AvgIpc) is 3.04. The molecule has 6 heteroatoms. The zero-order valence-corrected chi connectivity index (χ0v) is 15.4. The first-order valence-corrected chi connectivity index (χ1v) is 9.31. The van der Waals surface area contributed by atoms with Crippen molar-refractivity contribution in [1.82, 2.24) is 14.9 Å². The summed E-state index contributed by atoms with van der Waals surface area (Å²) in [5.74, 6) is 0.456. The molecule has 0 saturated carbocycles. The van der Waals surface area contributed by atoms with E-state index in [-0.39, 0.29) is 24.2 Å². The van der Waals surface area contributed by atoms with E-state index in [0.29, 0.717) is 12.1 Å². The van der Waals surface area contributed by atoms with Crippen LogP contribution in [0.4, 0.5) is 10.3 Å². The highest BCUT2D eigenvalue weighted by atomic mass is 19.1. The first-order chi connectivity index (χ1) is 13.1. The van der Waals surface area contributed by atoms with Gasteiger partial charge in [0.25, 0.3) is 0 Å². The van der Waals surface area contributed by atoms with Crippen molar-refractivity contribution in [3.63, 3.8) is 0 Å². The molecule has 1 amide bonds. The number of rotatable bonds is 4. The maximum atomic E-state index is 13.7. The summed E-state index contributed by atoms with van der Waals surface area (Å²) in [5.41, 5.74) is 2.55. The van der Waals surface area contributed by atoms with Gasteiger partial charge >= 0.3 is 0 Å². The Balaban J connectivity index is 1.45. The standard InChI is InChI=1S/C21H23FN4O/c1-25-19-11-5-4-10-18(19)24-21(25)26-12-6-8-16(14-26)20(27)23-13-15-7-2-3-9-17(15)22/h2-5,7,9-11,16H,6,8,12-14H2,1H3,(H,23,27)/t16-/m1/s1. The number of hydrogen-bond donors (Lipinski definition) is 1. The van der Waals surface area contributed by atoms with Gasteiger partial charge < -0.3 is 14.8 Å². The summed E-state index contributed by atoms with van der Waals surface area (Å²) in [4.78, 5) is 19.5. The van der Waals surface area contributed by atoms with Gasteiger partial charge in [0.15, 0.2) is 0 Å². The molecule has 1 aromatic heterocycles. The Labute approximate surface area is 157 Å². The van der Waals surface area contributed by atoms with Gasteiger partial charge in [-0.25, -0.2) is 9.37 Å². The number of nitrogens with zero attached hydrogens (tertiary/aromatic N) is 3. The lowest BCUT2D eigenvalue weighted by molar-refractivity contribution is -0.125. The quantitative estimate of drug-likeness (QED) is 0.771. The van der Waals surface area contributed by atoms with Crippen LogP contribution >= 0.6 is 0 Å². The minimum absolute atomic E-state index is 0.0262. The number of amides is 1. The van der Waals surface area contributed by atoms with Crippen molar-refractivity contribution in [2.24, 2.45) is 13.0 Å². The van der Waals surface area contributed by atoms with Gasteiger partial charge in [-0.3, -0.25) is 4.79 Å². The Morgan fingerprint density at radius 1 is 1.22 bits per heavy atom. The molecule has 27 heavy (non-hydrogen) atoms. The number of aromatic nitrogens is 2. The van der Waals surface area contributed by atoms with Gasteiger partial charge in [-0.05, 0) is 31.0 Å².